The monoisotopic (exact) mass is 212 g/mol. The molecule has 4 nitrogen and oxygen atoms in total. The van der Waals surface area contributed by atoms with Crippen molar-refractivity contribution in [3.8, 4) is 0 Å². The Morgan fingerprint density at radius 2 is 2.07 bits per heavy atom. The first-order chi connectivity index (χ1) is 7.27. The molecular weight excluding hydrogens is 188 g/mol. The van der Waals surface area contributed by atoms with Crippen LogP contribution in [-0.2, 0) is 0 Å². The summed E-state index contributed by atoms with van der Waals surface area (Å²) >= 11 is 0. The van der Waals surface area contributed by atoms with E-state index in [0.29, 0.717) is 12.1 Å². The van der Waals surface area contributed by atoms with E-state index in [-0.39, 0.29) is 0 Å². The number of piperidine rings is 1. The van der Waals surface area contributed by atoms with Crippen LogP contribution in [0.1, 0.15) is 12.8 Å². The molecule has 2 fully saturated rings. The summed E-state index contributed by atoms with van der Waals surface area (Å²) in [5.41, 5.74) is 6.18. The topological polar surface area (TPSA) is 44.5 Å². The van der Waals surface area contributed by atoms with Gasteiger partial charge >= 0.3 is 0 Å². The molecule has 2 heterocycles. The Balaban J connectivity index is 1.90. The first kappa shape index (κ1) is 11.3. The molecule has 0 aliphatic carbocycles. The second-order valence-corrected chi connectivity index (χ2v) is 4.92. The Morgan fingerprint density at radius 3 is 2.87 bits per heavy atom. The van der Waals surface area contributed by atoms with Crippen LogP contribution in [0.5, 0.6) is 0 Å². The third-order valence-electron chi connectivity index (χ3n) is 3.71. The summed E-state index contributed by atoms with van der Waals surface area (Å²) in [6, 6.07) is 0.930. The first-order valence-corrected chi connectivity index (χ1v) is 6.16. The van der Waals surface area contributed by atoms with Gasteiger partial charge in [0.15, 0.2) is 0 Å². The maximum atomic E-state index is 6.18. The molecule has 2 atom stereocenters. The van der Waals surface area contributed by atoms with Crippen LogP contribution < -0.4 is 11.1 Å². The maximum absolute atomic E-state index is 6.18. The van der Waals surface area contributed by atoms with Crippen molar-refractivity contribution in [2.75, 3.05) is 46.3 Å². The molecule has 0 bridgehead atoms. The van der Waals surface area contributed by atoms with E-state index in [1.54, 1.807) is 0 Å². The molecule has 15 heavy (non-hydrogen) atoms. The van der Waals surface area contributed by atoms with Gasteiger partial charge < -0.3 is 16.0 Å². The number of hydrogen-bond donors (Lipinski definition) is 2. The summed E-state index contributed by atoms with van der Waals surface area (Å²) in [6.07, 6.45) is 2.50. The Morgan fingerprint density at radius 1 is 1.20 bits per heavy atom. The van der Waals surface area contributed by atoms with Crippen molar-refractivity contribution in [3.05, 3.63) is 0 Å². The van der Waals surface area contributed by atoms with E-state index in [1.807, 2.05) is 0 Å². The molecule has 2 aliphatic heterocycles. The fourth-order valence-corrected chi connectivity index (χ4v) is 2.72. The molecule has 0 spiro atoms. The summed E-state index contributed by atoms with van der Waals surface area (Å²) in [6.45, 7) is 6.95. The molecule has 0 aromatic rings. The predicted octanol–water partition coefficient (Wildman–Crippen LogP) is -0.687. The smallest absolute Gasteiger partial charge is 0.0324 e. The number of nitrogens with zero attached hydrogens (tertiary/aromatic N) is 2. The van der Waals surface area contributed by atoms with Gasteiger partial charge in [0.2, 0.25) is 0 Å². The molecule has 0 saturated carbocycles. The summed E-state index contributed by atoms with van der Waals surface area (Å²) in [4.78, 5) is 5.03. The van der Waals surface area contributed by atoms with Gasteiger partial charge in [-0.25, -0.2) is 0 Å². The zero-order valence-corrected chi connectivity index (χ0v) is 9.78. The average Bonchev–Trinajstić information content (AvgIpc) is 2.44. The number of hydrogen-bond acceptors (Lipinski definition) is 4. The highest BCUT2D eigenvalue weighted by Gasteiger charge is 2.28. The van der Waals surface area contributed by atoms with Crippen molar-refractivity contribution >= 4 is 0 Å². The van der Waals surface area contributed by atoms with Gasteiger partial charge in [0.25, 0.3) is 0 Å². The molecule has 2 aliphatic rings. The first-order valence-electron chi connectivity index (χ1n) is 6.16. The molecule has 2 rings (SSSR count). The van der Waals surface area contributed by atoms with Crippen LogP contribution in [0.3, 0.4) is 0 Å². The highest BCUT2D eigenvalue weighted by Crippen LogP contribution is 2.13. The van der Waals surface area contributed by atoms with E-state index in [0.717, 1.165) is 13.1 Å². The van der Waals surface area contributed by atoms with E-state index in [9.17, 15) is 0 Å². The Bertz CT molecular complexity index is 197. The molecule has 3 N–H and O–H groups in total. The molecule has 0 radical (unpaired) electrons. The van der Waals surface area contributed by atoms with Crippen molar-refractivity contribution < 1.29 is 0 Å². The van der Waals surface area contributed by atoms with Crippen LogP contribution in [0, 0.1) is 0 Å². The minimum absolute atomic E-state index is 0.321. The SMILES string of the molecule is CN1CCCN(C2CCNCC2N)CC1. The van der Waals surface area contributed by atoms with E-state index >= 15 is 0 Å². The quantitative estimate of drug-likeness (QED) is 0.604. The number of rotatable bonds is 1. The zero-order valence-electron chi connectivity index (χ0n) is 9.78. The van der Waals surface area contributed by atoms with Crippen molar-refractivity contribution in [3.63, 3.8) is 0 Å². The molecule has 4 heteroatoms. The van der Waals surface area contributed by atoms with Gasteiger partial charge in [-0.3, -0.25) is 4.90 Å². The Labute approximate surface area is 92.8 Å². The van der Waals surface area contributed by atoms with Gasteiger partial charge in [0.05, 0.1) is 0 Å². The van der Waals surface area contributed by atoms with Crippen molar-refractivity contribution in [1.29, 1.82) is 0 Å². The van der Waals surface area contributed by atoms with E-state index < -0.39 is 0 Å². The van der Waals surface area contributed by atoms with Crippen LogP contribution in [0.15, 0.2) is 0 Å². The van der Waals surface area contributed by atoms with Gasteiger partial charge in [0, 0.05) is 31.7 Å². The van der Waals surface area contributed by atoms with Gasteiger partial charge in [-0.1, -0.05) is 0 Å². The van der Waals surface area contributed by atoms with Gasteiger partial charge in [-0.15, -0.1) is 0 Å². The Kier molecular flexibility index (Phi) is 3.97. The number of likely N-dealkylation sites (N-methyl/N-ethyl adjacent to an activating group) is 1. The molecular formula is C11H24N4. The van der Waals surface area contributed by atoms with Crippen molar-refractivity contribution in [1.82, 2.24) is 15.1 Å². The maximum Gasteiger partial charge on any atom is 0.0324 e. The largest absolute Gasteiger partial charge is 0.325 e. The van der Waals surface area contributed by atoms with E-state index in [2.05, 4.69) is 22.2 Å². The highest BCUT2D eigenvalue weighted by molar-refractivity contribution is 4.89. The number of nitrogens with one attached hydrogen (secondary N) is 1. The molecule has 0 amide bonds. The summed E-state index contributed by atoms with van der Waals surface area (Å²) in [5.74, 6) is 0. The fourth-order valence-electron chi connectivity index (χ4n) is 2.72. The van der Waals surface area contributed by atoms with Crippen LogP contribution >= 0.6 is 0 Å². The summed E-state index contributed by atoms with van der Waals surface area (Å²) < 4.78 is 0. The summed E-state index contributed by atoms with van der Waals surface area (Å²) in [5, 5.41) is 3.37. The Hall–Kier alpha value is -0.160. The molecule has 0 aromatic carbocycles. The lowest BCUT2D eigenvalue weighted by atomic mass is 9.99. The van der Waals surface area contributed by atoms with Gasteiger partial charge in [-0.05, 0) is 39.5 Å². The lowest BCUT2D eigenvalue weighted by Gasteiger charge is -2.38. The zero-order chi connectivity index (χ0) is 10.7. The predicted molar refractivity (Wildman–Crippen MR) is 62.9 cm³/mol. The lowest BCUT2D eigenvalue weighted by Crippen LogP contribution is -2.57. The normalized spacial score (nSPS) is 36.4. The molecule has 88 valence electrons. The summed E-state index contributed by atoms with van der Waals surface area (Å²) in [7, 11) is 2.21. The third-order valence-corrected chi connectivity index (χ3v) is 3.71. The van der Waals surface area contributed by atoms with Crippen LogP contribution in [-0.4, -0.2) is 68.2 Å². The van der Waals surface area contributed by atoms with Gasteiger partial charge in [-0.2, -0.15) is 0 Å². The standard InChI is InChI=1S/C11H24N4/c1-14-5-2-6-15(8-7-14)11-3-4-13-9-10(11)12/h10-11,13H,2-9,12H2,1H3. The van der Waals surface area contributed by atoms with Crippen molar-refractivity contribution in [2.24, 2.45) is 5.73 Å². The molecule has 2 saturated heterocycles. The highest BCUT2D eigenvalue weighted by atomic mass is 15.2. The fraction of sp³-hybridized carbons (Fsp3) is 1.00. The average molecular weight is 212 g/mol. The van der Waals surface area contributed by atoms with Crippen LogP contribution in [0.25, 0.3) is 0 Å². The molecule has 2 unspecified atom stereocenters. The minimum atomic E-state index is 0.321. The van der Waals surface area contributed by atoms with Crippen LogP contribution in [0.2, 0.25) is 0 Å². The second-order valence-electron chi connectivity index (χ2n) is 4.92. The second kappa shape index (κ2) is 5.25. The van der Waals surface area contributed by atoms with Gasteiger partial charge in [0.1, 0.15) is 0 Å². The lowest BCUT2D eigenvalue weighted by molar-refractivity contribution is 0.149. The van der Waals surface area contributed by atoms with E-state index in [4.69, 9.17) is 5.73 Å². The third kappa shape index (κ3) is 2.91. The molecule has 0 aromatic heterocycles. The van der Waals surface area contributed by atoms with E-state index in [1.165, 1.54) is 39.0 Å². The minimum Gasteiger partial charge on any atom is -0.325 e. The number of nitrogens with two attached hydrogens (primary N) is 1. The van der Waals surface area contributed by atoms with Crippen LogP contribution in [0.4, 0.5) is 0 Å². The van der Waals surface area contributed by atoms with Crippen molar-refractivity contribution in [2.45, 2.75) is 24.9 Å².